The predicted octanol–water partition coefficient (Wildman–Crippen LogP) is 1.21. The fourth-order valence-corrected chi connectivity index (χ4v) is 3.27. The van der Waals surface area contributed by atoms with Crippen LogP contribution in [-0.2, 0) is 0 Å². The molecule has 0 amide bonds. The summed E-state index contributed by atoms with van der Waals surface area (Å²) >= 11 is 0. The highest BCUT2D eigenvalue weighted by atomic mass is 16.3. The first-order valence-electron chi connectivity index (χ1n) is 6.62. The Labute approximate surface area is 99.0 Å². The van der Waals surface area contributed by atoms with Crippen molar-refractivity contribution >= 4 is 0 Å². The van der Waals surface area contributed by atoms with Crippen molar-refractivity contribution in [3.05, 3.63) is 0 Å². The summed E-state index contributed by atoms with van der Waals surface area (Å²) in [5.41, 5.74) is 6.68. The molecule has 1 aliphatic heterocycles. The molecule has 1 saturated heterocycles. The predicted molar refractivity (Wildman–Crippen MR) is 66.2 cm³/mol. The molecule has 3 nitrogen and oxygen atoms in total. The van der Waals surface area contributed by atoms with Crippen LogP contribution in [0.5, 0.6) is 0 Å². The number of β-amino-alcohol motifs (C(OH)–C–C–N with tert-alkyl or cyclic N) is 1. The van der Waals surface area contributed by atoms with Crippen molar-refractivity contribution in [1.82, 2.24) is 4.90 Å². The number of nitrogens with zero attached hydrogens (tertiary/aromatic N) is 1. The molecule has 0 bridgehead atoms. The first kappa shape index (κ1) is 12.3. The average Bonchev–Trinajstić information content (AvgIpc) is 2.58. The molecule has 3 heteroatoms. The molecule has 2 rings (SSSR count). The SMILES string of the molecule is CC1(C)CCC(N)C(CN2CCC(O)C2)C1. The van der Waals surface area contributed by atoms with Crippen LogP contribution in [-0.4, -0.2) is 41.8 Å². The van der Waals surface area contributed by atoms with Gasteiger partial charge >= 0.3 is 0 Å². The smallest absolute Gasteiger partial charge is 0.0679 e. The van der Waals surface area contributed by atoms with Crippen molar-refractivity contribution in [2.75, 3.05) is 19.6 Å². The fourth-order valence-electron chi connectivity index (χ4n) is 3.27. The summed E-state index contributed by atoms with van der Waals surface area (Å²) in [6.45, 7) is 7.69. The largest absolute Gasteiger partial charge is 0.392 e. The number of likely N-dealkylation sites (tertiary alicyclic amines) is 1. The van der Waals surface area contributed by atoms with E-state index in [4.69, 9.17) is 5.73 Å². The maximum absolute atomic E-state index is 9.52. The lowest BCUT2D eigenvalue weighted by atomic mass is 9.70. The molecule has 3 unspecified atom stereocenters. The summed E-state index contributed by atoms with van der Waals surface area (Å²) in [6, 6.07) is 0.366. The average molecular weight is 226 g/mol. The second-order valence-electron chi connectivity index (χ2n) is 6.53. The zero-order valence-corrected chi connectivity index (χ0v) is 10.7. The summed E-state index contributed by atoms with van der Waals surface area (Å²) in [5, 5.41) is 9.52. The van der Waals surface area contributed by atoms with Gasteiger partial charge in [-0.15, -0.1) is 0 Å². The molecule has 1 aliphatic carbocycles. The fraction of sp³-hybridized carbons (Fsp3) is 1.00. The van der Waals surface area contributed by atoms with Crippen LogP contribution in [0.3, 0.4) is 0 Å². The monoisotopic (exact) mass is 226 g/mol. The van der Waals surface area contributed by atoms with Crippen molar-refractivity contribution in [1.29, 1.82) is 0 Å². The molecular formula is C13H26N2O. The maximum Gasteiger partial charge on any atom is 0.0679 e. The molecule has 3 atom stereocenters. The maximum atomic E-state index is 9.52. The Morgan fingerprint density at radius 3 is 2.75 bits per heavy atom. The molecule has 0 aromatic carbocycles. The Kier molecular flexibility index (Phi) is 3.57. The van der Waals surface area contributed by atoms with Gasteiger partial charge in [-0.1, -0.05) is 13.8 Å². The molecule has 94 valence electrons. The van der Waals surface area contributed by atoms with Gasteiger partial charge < -0.3 is 15.7 Å². The normalized spacial score (nSPS) is 40.1. The van der Waals surface area contributed by atoms with Gasteiger partial charge in [-0.3, -0.25) is 0 Å². The first-order chi connectivity index (χ1) is 7.46. The van der Waals surface area contributed by atoms with Crippen molar-refractivity contribution in [2.24, 2.45) is 17.1 Å². The number of aliphatic hydroxyl groups is 1. The van der Waals surface area contributed by atoms with Crippen LogP contribution in [0.4, 0.5) is 0 Å². The minimum absolute atomic E-state index is 0.104. The van der Waals surface area contributed by atoms with E-state index in [1.54, 1.807) is 0 Å². The van der Waals surface area contributed by atoms with E-state index in [9.17, 15) is 5.11 Å². The van der Waals surface area contributed by atoms with E-state index < -0.39 is 0 Å². The number of nitrogens with two attached hydrogens (primary N) is 1. The van der Waals surface area contributed by atoms with Crippen LogP contribution in [0, 0.1) is 11.3 Å². The second-order valence-corrected chi connectivity index (χ2v) is 6.53. The van der Waals surface area contributed by atoms with Crippen LogP contribution in [0.2, 0.25) is 0 Å². The minimum atomic E-state index is -0.104. The molecule has 0 spiro atoms. The van der Waals surface area contributed by atoms with Gasteiger partial charge in [0.25, 0.3) is 0 Å². The van der Waals surface area contributed by atoms with E-state index in [1.165, 1.54) is 12.8 Å². The molecule has 2 aliphatic rings. The summed E-state index contributed by atoms with van der Waals surface area (Å²) in [4.78, 5) is 2.39. The summed E-state index contributed by atoms with van der Waals surface area (Å²) in [6.07, 6.45) is 4.49. The van der Waals surface area contributed by atoms with Crippen LogP contribution >= 0.6 is 0 Å². The standard InChI is InChI=1S/C13H26N2O/c1-13(2)5-3-12(14)10(7-13)8-15-6-4-11(16)9-15/h10-12,16H,3-9,14H2,1-2H3. The molecule has 0 aromatic heterocycles. The third-order valence-electron chi connectivity index (χ3n) is 4.31. The summed E-state index contributed by atoms with van der Waals surface area (Å²) in [7, 11) is 0. The molecule has 0 aromatic rings. The third-order valence-corrected chi connectivity index (χ3v) is 4.31. The zero-order chi connectivity index (χ0) is 11.8. The van der Waals surface area contributed by atoms with E-state index >= 15 is 0 Å². The Bertz CT molecular complexity index is 242. The van der Waals surface area contributed by atoms with Gasteiger partial charge in [0.05, 0.1) is 6.10 Å². The molecule has 1 heterocycles. The van der Waals surface area contributed by atoms with Gasteiger partial charge in [-0.2, -0.15) is 0 Å². The Balaban J connectivity index is 1.87. The zero-order valence-electron chi connectivity index (χ0n) is 10.7. The molecule has 0 radical (unpaired) electrons. The van der Waals surface area contributed by atoms with Crippen LogP contribution in [0.1, 0.15) is 39.5 Å². The van der Waals surface area contributed by atoms with E-state index in [0.717, 1.165) is 32.5 Å². The second kappa shape index (κ2) is 4.63. The molecule has 16 heavy (non-hydrogen) atoms. The van der Waals surface area contributed by atoms with E-state index in [2.05, 4.69) is 18.7 Å². The highest BCUT2D eigenvalue weighted by Gasteiger charge is 2.34. The highest BCUT2D eigenvalue weighted by Crippen LogP contribution is 2.38. The summed E-state index contributed by atoms with van der Waals surface area (Å²) < 4.78 is 0. The minimum Gasteiger partial charge on any atom is -0.392 e. The Morgan fingerprint density at radius 1 is 1.38 bits per heavy atom. The quantitative estimate of drug-likeness (QED) is 0.744. The lowest BCUT2D eigenvalue weighted by molar-refractivity contribution is 0.114. The lowest BCUT2D eigenvalue weighted by Crippen LogP contribution is -2.44. The van der Waals surface area contributed by atoms with Gasteiger partial charge in [0.15, 0.2) is 0 Å². The van der Waals surface area contributed by atoms with E-state index in [1.807, 2.05) is 0 Å². The van der Waals surface area contributed by atoms with Crippen molar-refractivity contribution < 1.29 is 5.11 Å². The topological polar surface area (TPSA) is 49.5 Å². The van der Waals surface area contributed by atoms with Gasteiger partial charge in [0.2, 0.25) is 0 Å². The Morgan fingerprint density at radius 2 is 2.12 bits per heavy atom. The van der Waals surface area contributed by atoms with Crippen LogP contribution in [0.15, 0.2) is 0 Å². The van der Waals surface area contributed by atoms with E-state index in [-0.39, 0.29) is 6.10 Å². The lowest BCUT2D eigenvalue weighted by Gasteiger charge is -2.40. The molecular weight excluding hydrogens is 200 g/mol. The van der Waals surface area contributed by atoms with E-state index in [0.29, 0.717) is 17.4 Å². The Hall–Kier alpha value is -0.120. The van der Waals surface area contributed by atoms with Gasteiger partial charge in [0, 0.05) is 25.7 Å². The van der Waals surface area contributed by atoms with Crippen molar-refractivity contribution in [3.8, 4) is 0 Å². The van der Waals surface area contributed by atoms with Gasteiger partial charge in [-0.25, -0.2) is 0 Å². The number of rotatable bonds is 2. The van der Waals surface area contributed by atoms with Crippen molar-refractivity contribution in [2.45, 2.75) is 51.7 Å². The molecule has 1 saturated carbocycles. The van der Waals surface area contributed by atoms with Crippen LogP contribution < -0.4 is 5.73 Å². The van der Waals surface area contributed by atoms with Gasteiger partial charge in [-0.05, 0) is 37.0 Å². The molecule has 2 fully saturated rings. The summed E-state index contributed by atoms with van der Waals surface area (Å²) in [5.74, 6) is 0.619. The van der Waals surface area contributed by atoms with Crippen molar-refractivity contribution in [3.63, 3.8) is 0 Å². The first-order valence-corrected chi connectivity index (χ1v) is 6.62. The third kappa shape index (κ3) is 2.96. The van der Waals surface area contributed by atoms with Crippen LogP contribution in [0.25, 0.3) is 0 Å². The molecule has 3 N–H and O–H groups in total. The number of hydrogen-bond donors (Lipinski definition) is 2. The number of aliphatic hydroxyl groups excluding tert-OH is 1. The highest BCUT2D eigenvalue weighted by molar-refractivity contribution is 4.89. The number of hydrogen-bond acceptors (Lipinski definition) is 3. The van der Waals surface area contributed by atoms with Gasteiger partial charge in [0.1, 0.15) is 0 Å².